The van der Waals surface area contributed by atoms with Crippen LogP contribution in [0.1, 0.15) is 31.9 Å². The van der Waals surface area contributed by atoms with Crippen molar-refractivity contribution in [3.05, 3.63) is 29.6 Å². The summed E-state index contributed by atoms with van der Waals surface area (Å²) < 4.78 is 5.00. The van der Waals surface area contributed by atoms with Gasteiger partial charge in [0.25, 0.3) is 0 Å². The largest absolute Gasteiger partial charge is 0.466 e. The normalized spacial score (nSPS) is 14.0. The van der Waals surface area contributed by atoms with E-state index in [9.17, 15) is 4.79 Å². The summed E-state index contributed by atoms with van der Waals surface area (Å²) in [5, 5.41) is 3.32. The van der Waals surface area contributed by atoms with E-state index < -0.39 is 0 Å². The summed E-state index contributed by atoms with van der Waals surface area (Å²) >= 11 is 0. The van der Waals surface area contributed by atoms with E-state index >= 15 is 0 Å². The van der Waals surface area contributed by atoms with Gasteiger partial charge in [0.05, 0.1) is 12.5 Å². The second-order valence-corrected chi connectivity index (χ2v) is 4.58. The topological polar surface area (TPSA) is 51.2 Å². The first-order valence-electron chi connectivity index (χ1n) is 6.35. The van der Waals surface area contributed by atoms with Crippen molar-refractivity contribution < 1.29 is 9.53 Å². The van der Waals surface area contributed by atoms with Crippen LogP contribution in [0.5, 0.6) is 0 Å². The van der Waals surface area contributed by atoms with Crippen LogP contribution >= 0.6 is 0 Å². The quantitative estimate of drug-likeness (QED) is 0.785. The Hall–Kier alpha value is -1.42. The average molecular weight is 250 g/mol. The lowest BCUT2D eigenvalue weighted by Crippen LogP contribution is -2.36. The number of rotatable bonds is 6. The molecule has 1 aromatic heterocycles. The summed E-state index contributed by atoms with van der Waals surface area (Å²) in [4.78, 5) is 15.7. The first-order valence-corrected chi connectivity index (χ1v) is 6.35. The minimum atomic E-state index is -0.153. The predicted octanol–water partition coefficient (Wildman–Crippen LogP) is 2.07. The Morgan fingerprint density at radius 2 is 2.17 bits per heavy atom. The van der Waals surface area contributed by atoms with Crippen LogP contribution in [0.3, 0.4) is 0 Å². The highest BCUT2D eigenvalue weighted by molar-refractivity contribution is 5.72. The fourth-order valence-electron chi connectivity index (χ4n) is 1.65. The SMILES string of the molecule is CCOC(=O)[C@H](C)[C@@H](C)NCc1cncc(C)c1. The highest BCUT2D eigenvalue weighted by Gasteiger charge is 2.20. The van der Waals surface area contributed by atoms with Crippen molar-refractivity contribution >= 4 is 5.97 Å². The zero-order valence-electron chi connectivity index (χ0n) is 11.6. The van der Waals surface area contributed by atoms with Gasteiger partial charge in [-0.3, -0.25) is 9.78 Å². The number of ether oxygens (including phenoxy) is 1. The van der Waals surface area contributed by atoms with Crippen LogP contribution in [0, 0.1) is 12.8 Å². The van der Waals surface area contributed by atoms with E-state index in [4.69, 9.17) is 4.74 Å². The van der Waals surface area contributed by atoms with Gasteiger partial charge in [-0.15, -0.1) is 0 Å². The molecule has 0 amide bonds. The number of aromatic nitrogens is 1. The summed E-state index contributed by atoms with van der Waals surface area (Å²) in [6.07, 6.45) is 3.66. The van der Waals surface area contributed by atoms with Gasteiger partial charge < -0.3 is 10.1 Å². The molecule has 100 valence electrons. The van der Waals surface area contributed by atoms with E-state index in [1.807, 2.05) is 40.1 Å². The maximum absolute atomic E-state index is 11.6. The van der Waals surface area contributed by atoms with E-state index in [2.05, 4.69) is 16.4 Å². The smallest absolute Gasteiger partial charge is 0.310 e. The van der Waals surface area contributed by atoms with Crippen molar-refractivity contribution in [2.45, 2.75) is 40.3 Å². The van der Waals surface area contributed by atoms with Gasteiger partial charge >= 0.3 is 5.97 Å². The van der Waals surface area contributed by atoms with Crippen molar-refractivity contribution in [3.63, 3.8) is 0 Å². The highest BCUT2D eigenvalue weighted by atomic mass is 16.5. The van der Waals surface area contributed by atoms with Crippen molar-refractivity contribution in [1.29, 1.82) is 0 Å². The molecule has 0 aliphatic carbocycles. The number of esters is 1. The Morgan fingerprint density at radius 1 is 1.44 bits per heavy atom. The van der Waals surface area contributed by atoms with Crippen LogP contribution < -0.4 is 5.32 Å². The van der Waals surface area contributed by atoms with Gasteiger partial charge in [-0.2, -0.15) is 0 Å². The van der Waals surface area contributed by atoms with E-state index in [1.54, 1.807) is 0 Å². The summed E-state index contributed by atoms with van der Waals surface area (Å²) in [5.41, 5.74) is 2.26. The van der Waals surface area contributed by atoms with Crippen LogP contribution in [0.2, 0.25) is 0 Å². The summed E-state index contributed by atoms with van der Waals surface area (Å²) in [6.45, 7) is 8.84. The van der Waals surface area contributed by atoms with Gasteiger partial charge in [0.2, 0.25) is 0 Å². The van der Waals surface area contributed by atoms with Crippen LogP contribution in [0.4, 0.5) is 0 Å². The Labute approximate surface area is 109 Å². The molecule has 0 bridgehead atoms. The fourth-order valence-corrected chi connectivity index (χ4v) is 1.65. The van der Waals surface area contributed by atoms with Crippen LogP contribution in [-0.2, 0) is 16.1 Å². The predicted molar refractivity (Wildman–Crippen MR) is 71.1 cm³/mol. The molecule has 0 spiro atoms. The molecule has 4 nitrogen and oxygen atoms in total. The second-order valence-electron chi connectivity index (χ2n) is 4.58. The molecule has 0 fully saturated rings. The number of nitrogens with one attached hydrogen (secondary N) is 1. The van der Waals surface area contributed by atoms with Crippen LogP contribution in [0.15, 0.2) is 18.5 Å². The van der Waals surface area contributed by atoms with Crippen molar-refractivity contribution in [3.8, 4) is 0 Å². The van der Waals surface area contributed by atoms with Crippen molar-refractivity contribution in [2.75, 3.05) is 6.61 Å². The number of hydrogen-bond donors (Lipinski definition) is 1. The Balaban J connectivity index is 2.45. The molecule has 1 aromatic rings. The molecule has 0 saturated carbocycles. The molecule has 0 aromatic carbocycles. The van der Waals surface area contributed by atoms with Gasteiger partial charge in [-0.25, -0.2) is 0 Å². The Kier molecular flexibility index (Phi) is 5.78. The maximum Gasteiger partial charge on any atom is 0.310 e. The molecular formula is C14H22N2O2. The molecule has 0 aliphatic heterocycles. The van der Waals surface area contributed by atoms with Gasteiger partial charge in [-0.05, 0) is 31.9 Å². The molecule has 1 N–H and O–H groups in total. The standard InChI is InChI=1S/C14H22N2O2/c1-5-18-14(17)11(3)12(4)16-9-13-6-10(2)7-15-8-13/h6-8,11-12,16H,5,9H2,1-4H3/t11-,12-/m1/s1. The second kappa shape index (κ2) is 7.11. The van der Waals surface area contributed by atoms with Gasteiger partial charge in [-0.1, -0.05) is 13.0 Å². The first kappa shape index (κ1) is 14.6. The minimum absolute atomic E-state index is 0.0737. The van der Waals surface area contributed by atoms with Gasteiger partial charge in [0.15, 0.2) is 0 Å². The molecule has 18 heavy (non-hydrogen) atoms. The lowest BCUT2D eigenvalue weighted by molar-refractivity contribution is -0.148. The molecule has 0 saturated heterocycles. The number of hydrogen-bond acceptors (Lipinski definition) is 4. The van der Waals surface area contributed by atoms with E-state index in [1.165, 1.54) is 0 Å². The third-order valence-corrected chi connectivity index (χ3v) is 2.97. The van der Waals surface area contributed by atoms with E-state index in [0.29, 0.717) is 13.2 Å². The molecule has 1 rings (SSSR count). The zero-order chi connectivity index (χ0) is 13.5. The Morgan fingerprint density at radius 3 is 2.78 bits per heavy atom. The third kappa shape index (κ3) is 4.45. The van der Waals surface area contributed by atoms with Crippen molar-refractivity contribution in [2.24, 2.45) is 5.92 Å². The molecule has 0 unspecified atom stereocenters. The number of pyridine rings is 1. The number of nitrogens with zero attached hydrogens (tertiary/aromatic N) is 1. The lowest BCUT2D eigenvalue weighted by atomic mass is 10.0. The highest BCUT2D eigenvalue weighted by Crippen LogP contribution is 2.07. The van der Waals surface area contributed by atoms with Gasteiger partial charge in [0, 0.05) is 25.0 Å². The lowest BCUT2D eigenvalue weighted by Gasteiger charge is -2.19. The van der Waals surface area contributed by atoms with Crippen LogP contribution in [0.25, 0.3) is 0 Å². The molecule has 2 atom stereocenters. The first-order chi connectivity index (χ1) is 8.54. The molecular weight excluding hydrogens is 228 g/mol. The summed E-state index contributed by atoms with van der Waals surface area (Å²) in [7, 11) is 0. The monoisotopic (exact) mass is 250 g/mol. The molecule has 1 heterocycles. The third-order valence-electron chi connectivity index (χ3n) is 2.97. The van der Waals surface area contributed by atoms with Crippen LogP contribution in [-0.4, -0.2) is 23.6 Å². The molecule has 0 aliphatic rings. The van der Waals surface area contributed by atoms with Gasteiger partial charge in [0.1, 0.15) is 0 Å². The van der Waals surface area contributed by atoms with E-state index in [-0.39, 0.29) is 17.9 Å². The molecule has 4 heteroatoms. The maximum atomic E-state index is 11.6. The Bertz CT molecular complexity index is 393. The zero-order valence-corrected chi connectivity index (χ0v) is 11.6. The fraction of sp³-hybridized carbons (Fsp3) is 0.571. The van der Waals surface area contributed by atoms with Crippen molar-refractivity contribution in [1.82, 2.24) is 10.3 Å². The summed E-state index contributed by atoms with van der Waals surface area (Å²) in [5.74, 6) is -0.303. The van der Waals surface area contributed by atoms with E-state index in [0.717, 1.165) is 11.1 Å². The average Bonchev–Trinajstić information content (AvgIpc) is 2.35. The number of aryl methyl sites for hydroxylation is 1. The number of carbonyl (C=O) groups is 1. The number of carbonyl (C=O) groups excluding carboxylic acids is 1. The minimum Gasteiger partial charge on any atom is -0.466 e. The summed E-state index contributed by atoms with van der Waals surface area (Å²) in [6, 6.07) is 2.16. The molecule has 0 radical (unpaired) electrons.